The van der Waals surface area contributed by atoms with E-state index in [4.69, 9.17) is 5.11 Å². The monoisotopic (exact) mass is 329 g/mol. The van der Waals surface area contributed by atoms with Crippen LogP contribution in [0.2, 0.25) is 0 Å². The number of hydrogen-bond donors (Lipinski definition) is 4. The summed E-state index contributed by atoms with van der Waals surface area (Å²) in [5.74, 6) is 0.320. The molecule has 0 spiro atoms. The molecule has 0 unspecified atom stereocenters. The molecule has 8 nitrogen and oxygen atoms in total. The minimum Gasteiger partial charge on any atom is -0.465 e. The molecule has 1 aromatic carbocycles. The Morgan fingerprint density at radius 1 is 1.29 bits per heavy atom. The lowest BCUT2D eigenvalue weighted by atomic mass is 9.84. The molecule has 8 heteroatoms. The largest absolute Gasteiger partial charge is 0.465 e. The Morgan fingerprint density at radius 2 is 2.08 bits per heavy atom. The van der Waals surface area contributed by atoms with Crippen molar-refractivity contribution in [2.45, 2.75) is 18.9 Å². The normalized spacial score (nSPS) is 25.6. The lowest BCUT2D eigenvalue weighted by Gasteiger charge is -2.44. The first-order valence-corrected chi connectivity index (χ1v) is 8.11. The highest BCUT2D eigenvalue weighted by Gasteiger charge is 2.35. The van der Waals surface area contributed by atoms with Gasteiger partial charge in [-0.15, -0.1) is 0 Å². The molecular weight excluding hydrogens is 310 g/mol. The fraction of sp³-hybridized carbons (Fsp3) is 0.438. The zero-order chi connectivity index (χ0) is 16.7. The van der Waals surface area contributed by atoms with E-state index in [1.54, 1.807) is 18.2 Å². The van der Waals surface area contributed by atoms with Crippen molar-refractivity contribution in [1.82, 2.24) is 20.4 Å². The van der Waals surface area contributed by atoms with E-state index in [-0.39, 0.29) is 11.9 Å². The number of anilines is 1. The zero-order valence-electron chi connectivity index (χ0n) is 13.1. The first kappa shape index (κ1) is 14.9. The molecule has 2 aromatic rings. The highest BCUT2D eigenvalue weighted by molar-refractivity contribution is 6.06. The molecule has 1 aromatic heterocycles. The number of aromatic nitrogens is 2. The Hall–Kier alpha value is -2.61. The molecular formula is C16H19N5O3. The van der Waals surface area contributed by atoms with Crippen LogP contribution in [0.25, 0.3) is 10.9 Å². The SMILES string of the molecule is O=C(O)Nc1ccc2[nH]nc(C(=O)N[C@@H]3CN4CCC3CC4)c2c1. The summed E-state index contributed by atoms with van der Waals surface area (Å²) in [4.78, 5) is 25.8. The number of nitrogens with one attached hydrogen (secondary N) is 3. The van der Waals surface area contributed by atoms with Crippen molar-refractivity contribution in [1.29, 1.82) is 0 Å². The van der Waals surface area contributed by atoms with Crippen LogP contribution >= 0.6 is 0 Å². The maximum atomic E-state index is 12.6. The summed E-state index contributed by atoms with van der Waals surface area (Å²) < 4.78 is 0. The second-order valence-electron chi connectivity index (χ2n) is 6.48. The molecule has 4 N–H and O–H groups in total. The second kappa shape index (κ2) is 5.79. The molecule has 5 rings (SSSR count). The van der Waals surface area contributed by atoms with Gasteiger partial charge in [0, 0.05) is 23.7 Å². The van der Waals surface area contributed by atoms with Gasteiger partial charge in [0.25, 0.3) is 5.91 Å². The molecule has 0 aliphatic carbocycles. The molecule has 3 aliphatic rings. The number of nitrogens with zero attached hydrogens (tertiary/aromatic N) is 2. The average molecular weight is 329 g/mol. The third kappa shape index (κ3) is 2.69. The van der Waals surface area contributed by atoms with E-state index in [1.807, 2.05) is 0 Å². The third-order valence-electron chi connectivity index (χ3n) is 5.00. The maximum Gasteiger partial charge on any atom is 0.409 e. The van der Waals surface area contributed by atoms with Crippen LogP contribution in [0.1, 0.15) is 23.3 Å². The number of carbonyl (C=O) groups excluding carboxylic acids is 1. The predicted octanol–water partition coefficient (Wildman–Crippen LogP) is 1.48. The Balaban J connectivity index is 1.56. The van der Waals surface area contributed by atoms with Gasteiger partial charge in [0.15, 0.2) is 5.69 Å². The topological polar surface area (TPSA) is 110 Å². The van der Waals surface area contributed by atoms with Crippen molar-refractivity contribution in [3.05, 3.63) is 23.9 Å². The van der Waals surface area contributed by atoms with Gasteiger partial charge in [-0.05, 0) is 50.0 Å². The highest BCUT2D eigenvalue weighted by atomic mass is 16.4. The third-order valence-corrected chi connectivity index (χ3v) is 5.00. The van der Waals surface area contributed by atoms with Crippen LogP contribution in [0.4, 0.5) is 10.5 Å². The number of rotatable bonds is 3. The van der Waals surface area contributed by atoms with Gasteiger partial charge < -0.3 is 15.3 Å². The first-order chi connectivity index (χ1) is 11.6. The smallest absolute Gasteiger partial charge is 0.409 e. The summed E-state index contributed by atoms with van der Waals surface area (Å²) in [7, 11) is 0. The molecule has 3 fully saturated rings. The summed E-state index contributed by atoms with van der Waals surface area (Å²) in [6, 6.07) is 5.12. The molecule has 2 bridgehead atoms. The molecule has 0 radical (unpaired) electrons. The van der Waals surface area contributed by atoms with Crippen molar-refractivity contribution in [2.75, 3.05) is 25.0 Å². The van der Waals surface area contributed by atoms with Crippen LogP contribution in [0.5, 0.6) is 0 Å². The first-order valence-electron chi connectivity index (χ1n) is 8.11. The molecule has 4 heterocycles. The van der Waals surface area contributed by atoms with E-state index in [2.05, 4.69) is 25.7 Å². The van der Waals surface area contributed by atoms with Crippen molar-refractivity contribution >= 4 is 28.6 Å². The van der Waals surface area contributed by atoms with E-state index in [9.17, 15) is 9.59 Å². The molecule has 1 atom stereocenters. The zero-order valence-corrected chi connectivity index (χ0v) is 13.1. The average Bonchev–Trinajstić information content (AvgIpc) is 2.98. The van der Waals surface area contributed by atoms with Crippen LogP contribution in [0.3, 0.4) is 0 Å². The fourth-order valence-electron chi connectivity index (χ4n) is 3.75. The van der Waals surface area contributed by atoms with Gasteiger partial charge in [0.1, 0.15) is 0 Å². The Morgan fingerprint density at radius 3 is 2.75 bits per heavy atom. The van der Waals surface area contributed by atoms with Gasteiger partial charge in [-0.25, -0.2) is 4.79 Å². The molecule has 3 aliphatic heterocycles. The number of carboxylic acid groups (broad SMARTS) is 1. The van der Waals surface area contributed by atoms with Gasteiger partial charge in [-0.2, -0.15) is 5.10 Å². The van der Waals surface area contributed by atoms with Gasteiger partial charge in [0.2, 0.25) is 0 Å². The number of carbonyl (C=O) groups is 2. The number of hydrogen-bond acceptors (Lipinski definition) is 4. The maximum absolute atomic E-state index is 12.6. The Bertz CT molecular complexity index is 794. The number of H-pyrrole nitrogens is 1. The van der Waals surface area contributed by atoms with E-state index >= 15 is 0 Å². The number of fused-ring (bicyclic) bond motifs is 4. The molecule has 126 valence electrons. The summed E-state index contributed by atoms with van der Waals surface area (Å²) in [5.41, 5.74) is 1.41. The summed E-state index contributed by atoms with van der Waals surface area (Å²) in [6.07, 6.45) is 1.11. The summed E-state index contributed by atoms with van der Waals surface area (Å²) in [6.45, 7) is 3.13. The van der Waals surface area contributed by atoms with Crippen molar-refractivity contribution in [2.24, 2.45) is 5.92 Å². The van der Waals surface area contributed by atoms with Crippen LogP contribution in [0.15, 0.2) is 18.2 Å². The lowest BCUT2D eigenvalue weighted by Crippen LogP contribution is -2.57. The lowest BCUT2D eigenvalue weighted by molar-refractivity contribution is 0.0618. The van der Waals surface area contributed by atoms with E-state index in [0.717, 1.165) is 32.5 Å². The molecule has 0 saturated carbocycles. The quantitative estimate of drug-likeness (QED) is 0.682. The van der Waals surface area contributed by atoms with Crippen molar-refractivity contribution in [3.8, 4) is 0 Å². The van der Waals surface area contributed by atoms with Gasteiger partial charge in [-0.1, -0.05) is 0 Å². The van der Waals surface area contributed by atoms with E-state index in [1.165, 1.54) is 0 Å². The van der Waals surface area contributed by atoms with E-state index < -0.39 is 6.09 Å². The summed E-state index contributed by atoms with van der Waals surface area (Å²) >= 11 is 0. The number of piperidine rings is 3. The number of benzene rings is 1. The van der Waals surface area contributed by atoms with Crippen molar-refractivity contribution < 1.29 is 14.7 Å². The predicted molar refractivity (Wildman–Crippen MR) is 88.2 cm³/mol. The minimum absolute atomic E-state index is 0.159. The molecule has 24 heavy (non-hydrogen) atoms. The fourth-order valence-corrected chi connectivity index (χ4v) is 3.75. The van der Waals surface area contributed by atoms with Crippen LogP contribution in [-0.2, 0) is 0 Å². The standard InChI is InChI=1S/C16H19N5O3/c22-15(18-13-8-21-5-3-9(13)4-6-21)14-11-7-10(17-16(23)24)1-2-12(11)19-20-14/h1-2,7,9,13,17H,3-6,8H2,(H,18,22)(H,19,20)(H,23,24)/t13-/m1/s1. The molecule has 3 saturated heterocycles. The van der Waals surface area contributed by atoms with E-state index in [0.29, 0.717) is 28.2 Å². The van der Waals surface area contributed by atoms with Crippen LogP contribution < -0.4 is 10.6 Å². The Kier molecular flexibility index (Phi) is 3.61. The molecule has 2 amide bonds. The number of amides is 2. The van der Waals surface area contributed by atoms with Gasteiger partial charge in [-0.3, -0.25) is 15.2 Å². The number of aromatic amines is 1. The highest BCUT2D eigenvalue weighted by Crippen LogP contribution is 2.28. The van der Waals surface area contributed by atoms with Gasteiger partial charge >= 0.3 is 6.09 Å². The second-order valence-corrected chi connectivity index (χ2v) is 6.48. The summed E-state index contributed by atoms with van der Waals surface area (Å²) in [5, 5.41) is 21.8. The van der Waals surface area contributed by atoms with Crippen molar-refractivity contribution in [3.63, 3.8) is 0 Å². The van der Waals surface area contributed by atoms with Crippen LogP contribution in [0, 0.1) is 5.92 Å². The van der Waals surface area contributed by atoms with Gasteiger partial charge in [0.05, 0.1) is 5.52 Å². The Labute approximate surface area is 138 Å². The van der Waals surface area contributed by atoms with Crippen LogP contribution in [-0.4, -0.2) is 57.9 Å². The minimum atomic E-state index is -1.14.